The van der Waals surface area contributed by atoms with E-state index in [9.17, 15) is 0 Å². The number of pyridine rings is 2. The van der Waals surface area contributed by atoms with Crippen LogP contribution in [0.15, 0.2) is 151 Å². The molecule has 46 heavy (non-hydrogen) atoms. The molecule has 8 aromatic rings. The van der Waals surface area contributed by atoms with Gasteiger partial charge < -0.3 is 9.15 Å². The number of para-hydroxylation sites is 1. The van der Waals surface area contributed by atoms with Gasteiger partial charge in [0.05, 0.1) is 13.2 Å². The third kappa shape index (κ3) is 4.68. The molecule has 9 rings (SSSR count). The fourth-order valence-electron chi connectivity index (χ4n) is 6.66. The lowest BCUT2D eigenvalue weighted by atomic mass is 9.89. The van der Waals surface area contributed by atoms with Crippen LogP contribution in [0.5, 0.6) is 0 Å². The highest BCUT2D eigenvalue weighted by molar-refractivity contribution is 6.06. The van der Waals surface area contributed by atoms with Crippen molar-refractivity contribution in [1.82, 2.24) is 9.97 Å². The van der Waals surface area contributed by atoms with E-state index in [1.165, 1.54) is 22.3 Å². The van der Waals surface area contributed by atoms with Gasteiger partial charge in [0.25, 0.3) is 0 Å². The van der Waals surface area contributed by atoms with Crippen LogP contribution in [0.2, 0.25) is 0 Å². The maximum atomic E-state index is 6.23. The molecule has 0 bridgehead atoms. The quantitative estimate of drug-likeness (QED) is 0.204. The second-order valence-electron chi connectivity index (χ2n) is 11.8. The Labute approximate surface area is 266 Å². The molecule has 0 radical (unpaired) electrons. The zero-order chi connectivity index (χ0) is 30.5. The van der Waals surface area contributed by atoms with E-state index < -0.39 is 0 Å². The van der Waals surface area contributed by atoms with Gasteiger partial charge in [-0.25, -0.2) is 0 Å². The second-order valence-corrected chi connectivity index (χ2v) is 11.8. The summed E-state index contributed by atoms with van der Waals surface area (Å²) < 4.78 is 12.4. The third-order valence-electron chi connectivity index (χ3n) is 8.99. The lowest BCUT2D eigenvalue weighted by Gasteiger charge is -2.14. The van der Waals surface area contributed by atoms with Crippen molar-refractivity contribution >= 4 is 21.9 Å². The van der Waals surface area contributed by atoms with E-state index >= 15 is 0 Å². The molecule has 218 valence electrons. The lowest BCUT2D eigenvalue weighted by molar-refractivity contribution is 0.110. The van der Waals surface area contributed by atoms with Crippen LogP contribution >= 0.6 is 0 Å². The fraction of sp³-hybridized carbons (Fsp3) is 0.0476. The number of hydrogen-bond donors (Lipinski definition) is 0. The van der Waals surface area contributed by atoms with Gasteiger partial charge in [0.1, 0.15) is 11.2 Å². The van der Waals surface area contributed by atoms with Crippen molar-refractivity contribution in [2.75, 3.05) is 0 Å². The van der Waals surface area contributed by atoms with Crippen LogP contribution in [0, 0.1) is 0 Å². The highest BCUT2D eigenvalue weighted by atomic mass is 16.5. The second kappa shape index (κ2) is 11.0. The molecular formula is C42H28N2O2. The Morgan fingerprint density at radius 2 is 1.04 bits per heavy atom. The van der Waals surface area contributed by atoms with Crippen LogP contribution in [-0.4, -0.2) is 9.97 Å². The first-order chi connectivity index (χ1) is 22.8. The van der Waals surface area contributed by atoms with Crippen LogP contribution < -0.4 is 0 Å². The minimum absolute atomic E-state index is 0.551. The molecule has 0 fully saturated rings. The highest BCUT2D eigenvalue weighted by Gasteiger charge is 2.18. The molecule has 0 saturated heterocycles. The lowest BCUT2D eigenvalue weighted by Crippen LogP contribution is -1.92. The van der Waals surface area contributed by atoms with Crippen molar-refractivity contribution in [2.24, 2.45) is 0 Å². The molecule has 1 aliphatic rings. The standard InChI is InChI=1S/C42H28N2O2/c1-2-8-41-38(7-1)39-14-12-29(22-42(39)46-41)28-9-10-32-25-45-26-36-17-27(11-13-37(36)40(32)21-28)33-18-34(30-5-3-15-43-23-30)20-35(19-33)31-6-4-16-44-24-31/h1-24H,25-26H2. The van der Waals surface area contributed by atoms with Gasteiger partial charge in [-0.2, -0.15) is 0 Å². The number of nitrogens with zero attached hydrogens (tertiary/aromatic N) is 2. The van der Waals surface area contributed by atoms with Crippen LogP contribution in [0.3, 0.4) is 0 Å². The van der Waals surface area contributed by atoms with Gasteiger partial charge in [0.15, 0.2) is 0 Å². The summed E-state index contributed by atoms with van der Waals surface area (Å²) in [4.78, 5) is 8.75. The zero-order valence-electron chi connectivity index (χ0n) is 25.0. The number of hydrogen-bond acceptors (Lipinski definition) is 4. The summed E-state index contributed by atoms with van der Waals surface area (Å²) in [5, 5.41) is 2.28. The average Bonchev–Trinajstić information content (AvgIpc) is 3.40. The van der Waals surface area contributed by atoms with E-state index in [-0.39, 0.29) is 0 Å². The largest absolute Gasteiger partial charge is 0.456 e. The van der Waals surface area contributed by atoms with Crippen LogP contribution in [0.1, 0.15) is 11.1 Å². The van der Waals surface area contributed by atoms with Gasteiger partial charge in [0.2, 0.25) is 0 Å². The summed E-state index contributed by atoms with van der Waals surface area (Å²) in [6.45, 7) is 1.12. The summed E-state index contributed by atoms with van der Waals surface area (Å²) >= 11 is 0. The maximum absolute atomic E-state index is 6.23. The van der Waals surface area contributed by atoms with Gasteiger partial charge in [-0.05, 0) is 116 Å². The Kier molecular flexibility index (Phi) is 6.32. The third-order valence-corrected chi connectivity index (χ3v) is 8.99. The Hall–Kier alpha value is -5.84. The average molecular weight is 593 g/mol. The van der Waals surface area contributed by atoms with Gasteiger partial charge in [-0.3, -0.25) is 9.97 Å². The van der Waals surface area contributed by atoms with Crippen molar-refractivity contribution in [2.45, 2.75) is 13.2 Å². The molecule has 4 nitrogen and oxygen atoms in total. The van der Waals surface area contributed by atoms with Crippen molar-refractivity contribution in [1.29, 1.82) is 0 Å². The first kappa shape index (κ1) is 26.6. The van der Waals surface area contributed by atoms with Crippen LogP contribution in [0.4, 0.5) is 0 Å². The predicted molar refractivity (Wildman–Crippen MR) is 185 cm³/mol. The van der Waals surface area contributed by atoms with Crippen molar-refractivity contribution < 1.29 is 9.15 Å². The minimum atomic E-state index is 0.551. The van der Waals surface area contributed by atoms with E-state index in [0.29, 0.717) is 13.2 Å². The number of aromatic nitrogens is 2. The Morgan fingerprint density at radius 3 is 1.80 bits per heavy atom. The van der Waals surface area contributed by atoms with Gasteiger partial charge >= 0.3 is 0 Å². The van der Waals surface area contributed by atoms with Crippen molar-refractivity contribution in [3.63, 3.8) is 0 Å². The minimum Gasteiger partial charge on any atom is -0.456 e. The van der Waals surface area contributed by atoms with Crippen molar-refractivity contribution in [3.8, 4) is 55.6 Å². The fourth-order valence-corrected chi connectivity index (χ4v) is 6.66. The summed E-state index contributed by atoms with van der Waals surface area (Å²) in [7, 11) is 0. The molecule has 0 aliphatic carbocycles. The van der Waals surface area contributed by atoms with E-state index in [4.69, 9.17) is 9.15 Å². The molecule has 0 unspecified atom stereocenters. The van der Waals surface area contributed by atoms with Crippen LogP contribution in [-0.2, 0) is 18.0 Å². The summed E-state index contributed by atoms with van der Waals surface area (Å²) in [5.41, 5.74) is 15.6. The topological polar surface area (TPSA) is 48.2 Å². The predicted octanol–water partition coefficient (Wildman–Crippen LogP) is 10.7. The molecule has 0 amide bonds. The Balaban J connectivity index is 1.13. The summed E-state index contributed by atoms with van der Waals surface area (Å²) in [6.07, 6.45) is 7.44. The molecule has 0 saturated carbocycles. The van der Waals surface area contributed by atoms with Gasteiger partial charge in [-0.15, -0.1) is 0 Å². The molecule has 1 aliphatic heterocycles. The monoisotopic (exact) mass is 592 g/mol. The van der Waals surface area contributed by atoms with E-state index in [2.05, 4.69) is 107 Å². The number of rotatable bonds is 4. The maximum Gasteiger partial charge on any atom is 0.136 e. The number of benzene rings is 5. The Bertz CT molecular complexity index is 2340. The van der Waals surface area contributed by atoms with E-state index in [1.807, 2.05) is 49.1 Å². The zero-order valence-corrected chi connectivity index (χ0v) is 25.0. The normalized spacial score (nSPS) is 12.5. The van der Waals surface area contributed by atoms with Crippen molar-refractivity contribution in [3.05, 3.63) is 157 Å². The molecule has 4 heterocycles. The number of furan rings is 1. The molecule has 4 heteroatoms. The molecule has 0 spiro atoms. The highest BCUT2D eigenvalue weighted by Crippen LogP contribution is 2.39. The number of fused-ring (bicyclic) bond motifs is 6. The summed E-state index contributed by atoms with van der Waals surface area (Å²) in [5.74, 6) is 0. The number of ether oxygens (including phenoxy) is 1. The SMILES string of the molecule is c1cncc(-c2cc(-c3cccnc3)cc(-c3ccc4c(c3)COCc3ccc(-c5ccc6c(c5)oc5ccccc56)cc3-4)c2)c1. The molecule has 3 aromatic heterocycles. The van der Waals surface area contributed by atoms with Gasteiger partial charge in [0, 0.05) is 46.7 Å². The first-order valence-corrected chi connectivity index (χ1v) is 15.5. The van der Waals surface area contributed by atoms with E-state index in [1.54, 1.807) is 0 Å². The van der Waals surface area contributed by atoms with Crippen LogP contribution in [0.25, 0.3) is 77.6 Å². The molecule has 5 aromatic carbocycles. The smallest absolute Gasteiger partial charge is 0.136 e. The summed E-state index contributed by atoms with van der Waals surface area (Å²) in [6, 6.07) is 43.1. The van der Waals surface area contributed by atoms with E-state index in [0.717, 1.165) is 66.4 Å². The molecule has 0 atom stereocenters. The Morgan fingerprint density at radius 1 is 0.413 bits per heavy atom. The molecule has 0 N–H and O–H groups in total. The molecular weight excluding hydrogens is 564 g/mol. The first-order valence-electron chi connectivity index (χ1n) is 15.5. The van der Waals surface area contributed by atoms with Gasteiger partial charge in [-0.1, -0.05) is 60.7 Å².